The van der Waals surface area contributed by atoms with E-state index in [9.17, 15) is 13.2 Å². The Labute approximate surface area is 207 Å². The molecule has 3 rings (SSSR count). The first-order valence-electron chi connectivity index (χ1n) is 9.83. The molecule has 0 aliphatic heterocycles. The molecule has 0 atom stereocenters. The van der Waals surface area contributed by atoms with E-state index in [4.69, 9.17) is 32.7 Å². The highest BCUT2D eigenvalue weighted by Gasteiger charge is 2.27. The number of nitrogens with zero attached hydrogens (tertiary/aromatic N) is 2. The van der Waals surface area contributed by atoms with E-state index in [2.05, 4.69) is 10.5 Å². The fraction of sp³-hybridized carbons (Fsp3) is 0.130. The first kappa shape index (κ1) is 25.4. The monoisotopic (exact) mass is 521 g/mol. The Hall–Kier alpha value is -3.27. The van der Waals surface area contributed by atoms with Crippen LogP contribution in [0, 0.1) is 0 Å². The number of hydrazone groups is 1. The van der Waals surface area contributed by atoms with Crippen molar-refractivity contribution in [1.29, 1.82) is 0 Å². The van der Waals surface area contributed by atoms with Crippen molar-refractivity contribution in [3.63, 3.8) is 0 Å². The van der Waals surface area contributed by atoms with Crippen LogP contribution in [0.2, 0.25) is 10.0 Å². The maximum Gasteiger partial charge on any atom is 0.264 e. The molecular formula is C23H21Cl2N3O5S. The maximum atomic E-state index is 13.3. The summed E-state index contributed by atoms with van der Waals surface area (Å²) in [6.45, 7) is -0.549. The Morgan fingerprint density at radius 2 is 1.74 bits per heavy atom. The van der Waals surface area contributed by atoms with Gasteiger partial charge in [0.2, 0.25) is 0 Å². The number of hydrogen-bond acceptors (Lipinski definition) is 6. The molecule has 0 aliphatic carbocycles. The topological polar surface area (TPSA) is 97.3 Å². The lowest BCUT2D eigenvalue weighted by molar-refractivity contribution is -0.119. The lowest BCUT2D eigenvalue weighted by Crippen LogP contribution is -2.39. The smallest absolute Gasteiger partial charge is 0.264 e. The molecule has 0 aliphatic rings. The lowest BCUT2D eigenvalue weighted by Gasteiger charge is -2.24. The molecule has 1 N–H and O–H groups in total. The van der Waals surface area contributed by atoms with Crippen LogP contribution in [-0.2, 0) is 14.8 Å². The maximum absolute atomic E-state index is 13.3. The van der Waals surface area contributed by atoms with E-state index in [0.29, 0.717) is 17.1 Å². The van der Waals surface area contributed by atoms with Crippen LogP contribution in [0.3, 0.4) is 0 Å². The molecule has 34 heavy (non-hydrogen) atoms. The molecule has 0 aromatic heterocycles. The summed E-state index contributed by atoms with van der Waals surface area (Å²) in [6, 6.07) is 17.1. The summed E-state index contributed by atoms with van der Waals surface area (Å²) in [6.07, 6.45) is 1.38. The van der Waals surface area contributed by atoms with Crippen LogP contribution in [0.25, 0.3) is 0 Å². The average molecular weight is 522 g/mol. The van der Waals surface area contributed by atoms with Gasteiger partial charge < -0.3 is 9.47 Å². The molecule has 3 aromatic rings. The number of ether oxygens (including phenoxy) is 2. The number of rotatable bonds is 9. The molecule has 0 fully saturated rings. The van der Waals surface area contributed by atoms with Gasteiger partial charge in [0, 0.05) is 11.6 Å². The van der Waals surface area contributed by atoms with Gasteiger partial charge in [-0.3, -0.25) is 9.10 Å². The number of hydrogen-bond donors (Lipinski definition) is 1. The zero-order valence-electron chi connectivity index (χ0n) is 18.2. The van der Waals surface area contributed by atoms with Gasteiger partial charge in [-0.2, -0.15) is 5.10 Å². The van der Waals surface area contributed by atoms with Crippen LogP contribution in [0.15, 0.2) is 76.7 Å². The van der Waals surface area contributed by atoms with E-state index < -0.39 is 22.5 Å². The number of nitrogens with one attached hydrogen (secondary N) is 1. The summed E-state index contributed by atoms with van der Waals surface area (Å²) in [5, 5.41) is 4.33. The number of halogens is 2. The molecule has 11 heteroatoms. The summed E-state index contributed by atoms with van der Waals surface area (Å²) >= 11 is 12.1. The first-order valence-corrected chi connectivity index (χ1v) is 12.0. The standard InChI is InChI=1S/C23H21Cl2N3O5S/c1-32-18-10-8-16(22(13-18)33-2)14-26-27-23(29)15-28(17-9-11-20(24)21(25)12-17)34(30,31)19-6-4-3-5-7-19/h3-14H,15H2,1-2H3,(H,27,29)/b26-14-. The van der Waals surface area contributed by atoms with Crippen LogP contribution < -0.4 is 19.2 Å². The van der Waals surface area contributed by atoms with Crippen molar-refractivity contribution in [2.45, 2.75) is 4.90 Å². The van der Waals surface area contributed by atoms with Gasteiger partial charge in [0.15, 0.2) is 0 Å². The van der Waals surface area contributed by atoms with E-state index in [1.165, 1.54) is 50.8 Å². The minimum absolute atomic E-state index is 0.0142. The minimum Gasteiger partial charge on any atom is -0.497 e. The van der Waals surface area contributed by atoms with Crippen molar-refractivity contribution in [3.8, 4) is 11.5 Å². The quantitative estimate of drug-likeness (QED) is 0.333. The van der Waals surface area contributed by atoms with Crippen LogP contribution in [0.4, 0.5) is 5.69 Å². The van der Waals surface area contributed by atoms with Crippen LogP contribution in [0.5, 0.6) is 11.5 Å². The summed E-state index contributed by atoms with van der Waals surface area (Å²) in [4.78, 5) is 12.7. The molecular weight excluding hydrogens is 501 g/mol. The zero-order valence-corrected chi connectivity index (χ0v) is 20.6. The second-order valence-electron chi connectivity index (χ2n) is 6.82. The lowest BCUT2D eigenvalue weighted by atomic mass is 10.2. The molecule has 8 nitrogen and oxygen atoms in total. The number of sulfonamides is 1. The Bertz CT molecular complexity index is 1300. The SMILES string of the molecule is COc1ccc(/C=N\NC(=O)CN(c2ccc(Cl)c(Cl)c2)S(=O)(=O)c2ccccc2)c(OC)c1. The Morgan fingerprint density at radius 3 is 2.38 bits per heavy atom. The summed E-state index contributed by atoms with van der Waals surface area (Å²) in [7, 11) is -1.06. The molecule has 178 valence electrons. The van der Waals surface area contributed by atoms with Crippen molar-refractivity contribution in [2.24, 2.45) is 5.10 Å². The third-order valence-electron chi connectivity index (χ3n) is 4.64. The highest BCUT2D eigenvalue weighted by Crippen LogP contribution is 2.30. The van der Waals surface area contributed by atoms with E-state index >= 15 is 0 Å². The van der Waals surface area contributed by atoms with Crippen molar-refractivity contribution < 1.29 is 22.7 Å². The summed E-state index contributed by atoms with van der Waals surface area (Å²) < 4.78 is 38.0. The van der Waals surface area contributed by atoms with Crippen LogP contribution >= 0.6 is 23.2 Å². The van der Waals surface area contributed by atoms with Gasteiger partial charge in [-0.05, 0) is 42.5 Å². The number of benzene rings is 3. The van der Waals surface area contributed by atoms with Gasteiger partial charge in [0.05, 0.1) is 41.1 Å². The predicted molar refractivity (Wildman–Crippen MR) is 133 cm³/mol. The molecule has 0 saturated heterocycles. The Kier molecular flexibility index (Phi) is 8.38. The highest BCUT2D eigenvalue weighted by molar-refractivity contribution is 7.92. The van der Waals surface area contributed by atoms with E-state index in [-0.39, 0.29) is 20.6 Å². The number of carbonyl (C=O) groups excluding carboxylic acids is 1. The Balaban J connectivity index is 1.84. The fourth-order valence-electron chi connectivity index (χ4n) is 2.94. The third kappa shape index (κ3) is 5.99. The van der Waals surface area contributed by atoms with E-state index in [0.717, 1.165) is 4.31 Å². The van der Waals surface area contributed by atoms with Crippen LogP contribution in [0.1, 0.15) is 5.56 Å². The number of amides is 1. The highest BCUT2D eigenvalue weighted by atomic mass is 35.5. The zero-order chi connectivity index (χ0) is 24.7. The molecule has 0 spiro atoms. The fourth-order valence-corrected chi connectivity index (χ4v) is 4.67. The van der Waals surface area contributed by atoms with Gasteiger partial charge in [0.25, 0.3) is 15.9 Å². The number of methoxy groups -OCH3 is 2. The van der Waals surface area contributed by atoms with Crippen molar-refractivity contribution in [3.05, 3.63) is 82.3 Å². The van der Waals surface area contributed by atoms with E-state index in [1.807, 2.05) is 0 Å². The van der Waals surface area contributed by atoms with Gasteiger partial charge in [-0.1, -0.05) is 41.4 Å². The van der Waals surface area contributed by atoms with E-state index in [1.54, 1.807) is 36.4 Å². The molecule has 1 amide bonds. The third-order valence-corrected chi connectivity index (χ3v) is 7.17. The molecule has 0 bridgehead atoms. The van der Waals surface area contributed by atoms with Gasteiger partial charge in [-0.25, -0.2) is 13.8 Å². The van der Waals surface area contributed by atoms with Gasteiger partial charge in [-0.15, -0.1) is 0 Å². The second-order valence-corrected chi connectivity index (χ2v) is 9.50. The number of carbonyl (C=O) groups is 1. The van der Waals surface area contributed by atoms with Gasteiger partial charge in [0.1, 0.15) is 18.0 Å². The Morgan fingerprint density at radius 1 is 1.00 bits per heavy atom. The first-order chi connectivity index (χ1) is 16.3. The van der Waals surface area contributed by atoms with Crippen molar-refractivity contribution in [1.82, 2.24) is 5.43 Å². The molecule has 3 aromatic carbocycles. The molecule has 0 heterocycles. The molecule has 0 unspecified atom stereocenters. The van der Waals surface area contributed by atoms with Crippen molar-refractivity contribution >= 4 is 51.0 Å². The summed E-state index contributed by atoms with van der Waals surface area (Å²) in [5.74, 6) is 0.414. The minimum atomic E-state index is -4.09. The average Bonchev–Trinajstić information content (AvgIpc) is 2.85. The normalized spacial score (nSPS) is 11.3. The predicted octanol–water partition coefficient (Wildman–Crippen LogP) is 4.36. The molecule has 0 radical (unpaired) electrons. The van der Waals surface area contributed by atoms with Crippen LogP contribution in [-0.4, -0.2) is 41.3 Å². The summed E-state index contributed by atoms with van der Waals surface area (Å²) in [5.41, 5.74) is 3.10. The van der Waals surface area contributed by atoms with Gasteiger partial charge >= 0.3 is 0 Å². The largest absolute Gasteiger partial charge is 0.497 e. The molecule has 0 saturated carbocycles. The van der Waals surface area contributed by atoms with Crippen molar-refractivity contribution in [2.75, 3.05) is 25.1 Å². The second kappa shape index (κ2) is 11.2. The number of anilines is 1.